The van der Waals surface area contributed by atoms with E-state index in [0.717, 1.165) is 0 Å². The zero-order valence-electron chi connectivity index (χ0n) is 14.3. The van der Waals surface area contributed by atoms with E-state index < -0.39 is 11.3 Å². The third-order valence-electron chi connectivity index (χ3n) is 4.18. The molecule has 0 saturated heterocycles. The van der Waals surface area contributed by atoms with Crippen LogP contribution in [-0.4, -0.2) is 15.1 Å². The predicted molar refractivity (Wildman–Crippen MR) is 107 cm³/mol. The van der Waals surface area contributed by atoms with Crippen LogP contribution in [0.15, 0.2) is 69.9 Å². The summed E-state index contributed by atoms with van der Waals surface area (Å²) in [5.41, 5.74) is 0.456. The number of hydrogen-bond acceptors (Lipinski definition) is 5. The van der Waals surface area contributed by atoms with Crippen molar-refractivity contribution in [2.45, 2.75) is 0 Å². The fraction of sp³-hybridized carbons (Fsp3) is 0. The van der Waals surface area contributed by atoms with Crippen LogP contribution in [0.25, 0.3) is 33.6 Å². The van der Waals surface area contributed by atoms with Gasteiger partial charge in [0.1, 0.15) is 17.4 Å². The van der Waals surface area contributed by atoms with Crippen LogP contribution in [0.2, 0.25) is 5.02 Å². The first-order valence-corrected chi connectivity index (χ1v) is 8.64. The second kappa shape index (κ2) is 7.06. The van der Waals surface area contributed by atoms with E-state index in [1.165, 1.54) is 6.07 Å². The van der Waals surface area contributed by atoms with Gasteiger partial charge in [-0.1, -0.05) is 35.9 Å². The molecule has 2 aromatic heterocycles. The van der Waals surface area contributed by atoms with Crippen LogP contribution in [0.5, 0.6) is 0 Å². The van der Waals surface area contributed by atoms with Crippen molar-refractivity contribution < 1.29 is 9.52 Å². The summed E-state index contributed by atoms with van der Waals surface area (Å²) < 4.78 is 5.67. The van der Waals surface area contributed by atoms with E-state index in [9.17, 15) is 15.2 Å². The van der Waals surface area contributed by atoms with Gasteiger partial charge in [0.05, 0.1) is 15.9 Å². The lowest BCUT2D eigenvalue weighted by molar-refractivity contribution is 0.465. The SMILES string of the molecule is N#CC(=C(O)c1ccc(-c2ccccc2Cl)o1)c1nc2ccccc2c(=O)[nH]1. The predicted octanol–water partition coefficient (Wildman–Crippen LogP) is 4.79. The van der Waals surface area contributed by atoms with E-state index in [2.05, 4.69) is 9.97 Å². The Hall–Kier alpha value is -3.82. The number of para-hydroxylation sites is 1. The number of nitriles is 1. The number of halogens is 1. The van der Waals surface area contributed by atoms with Crippen LogP contribution in [0.3, 0.4) is 0 Å². The molecule has 0 amide bonds. The zero-order chi connectivity index (χ0) is 19.7. The molecule has 2 aromatic carbocycles. The smallest absolute Gasteiger partial charge is 0.259 e. The van der Waals surface area contributed by atoms with Crippen LogP contribution >= 0.6 is 11.6 Å². The van der Waals surface area contributed by atoms with Crippen molar-refractivity contribution in [3.8, 4) is 17.4 Å². The average molecular weight is 390 g/mol. The molecular weight excluding hydrogens is 378 g/mol. The van der Waals surface area contributed by atoms with Crippen molar-refractivity contribution in [2.75, 3.05) is 0 Å². The molecule has 7 heteroatoms. The number of nitrogens with one attached hydrogen (secondary N) is 1. The maximum Gasteiger partial charge on any atom is 0.259 e. The van der Waals surface area contributed by atoms with Crippen molar-refractivity contribution in [2.24, 2.45) is 0 Å². The van der Waals surface area contributed by atoms with Crippen LogP contribution < -0.4 is 5.56 Å². The molecular formula is C21H12ClN3O3. The van der Waals surface area contributed by atoms with E-state index in [1.54, 1.807) is 48.5 Å². The summed E-state index contributed by atoms with van der Waals surface area (Å²) in [6.45, 7) is 0. The van der Waals surface area contributed by atoms with Crippen molar-refractivity contribution in [1.29, 1.82) is 5.26 Å². The molecule has 0 fully saturated rings. The fourth-order valence-corrected chi connectivity index (χ4v) is 3.05. The van der Waals surface area contributed by atoms with Gasteiger partial charge in [0.2, 0.25) is 0 Å². The molecule has 0 saturated carbocycles. The molecule has 4 rings (SSSR count). The number of aliphatic hydroxyl groups excluding tert-OH is 1. The van der Waals surface area contributed by atoms with Crippen LogP contribution in [0.1, 0.15) is 11.6 Å². The van der Waals surface area contributed by atoms with Crippen molar-refractivity contribution in [1.82, 2.24) is 9.97 Å². The molecule has 0 bridgehead atoms. The molecule has 0 aliphatic rings. The summed E-state index contributed by atoms with van der Waals surface area (Å²) in [5, 5.41) is 21.0. The minimum absolute atomic E-state index is 0.0422. The van der Waals surface area contributed by atoms with Gasteiger partial charge in [0.15, 0.2) is 17.3 Å². The number of furan rings is 1. The minimum Gasteiger partial charge on any atom is -0.503 e. The molecule has 2 N–H and O–H groups in total. The molecule has 0 spiro atoms. The number of aromatic amines is 1. The molecule has 0 aliphatic heterocycles. The Balaban J connectivity index is 1.83. The Morgan fingerprint density at radius 3 is 2.64 bits per heavy atom. The maximum absolute atomic E-state index is 12.3. The summed E-state index contributed by atoms with van der Waals surface area (Å²) in [6, 6.07) is 18.9. The Morgan fingerprint density at radius 1 is 1.11 bits per heavy atom. The first-order chi connectivity index (χ1) is 13.6. The number of H-pyrrole nitrogens is 1. The van der Waals surface area contributed by atoms with Gasteiger partial charge < -0.3 is 14.5 Å². The molecule has 6 nitrogen and oxygen atoms in total. The Morgan fingerprint density at radius 2 is 1.86 bits per heavy atom. The van der Waals surface area contributed by atoms with Gasteiger partial charge >= 0.3 is 0 Å². The highest BCUT2D eigenvalue weighted by atomic mass is 35.5. The Bertz CT molecular complexity index is 1330. The number of aromatic nitrogens is 2. The van der Waals surface area contributed by atoms with Gasteiger partial charge in [0.25, 0.3) is 5.56 Å². The third kappa shape index (κ3) is 3.04. The van der Waals surface area contributed by atoms with E-state index in [-0.39, 0.29) is 17.2 Å². The lowest BCUT2D eigenvalue weighted by Crippen LogP contribution is -2.11. The van der Waals surface area contributed by atoms with Gasteiger partial charge in [-0.25, -0.2) is 4.98 Å². The summed E-state index contributed by atoms with van der Waals surface area (Å²) >= 11 is 6.17. The molecule has 0 atom stereocenters. The van der Waals surface area contributed by atoms with Gasteiger partial charge in [0, 0.05) is 5.56 Å². The molecule has 136 valence electrons. The first kappa shape index (κ1) is 17.6. The summed E-state index contributed by atoms with van der Waals surface area (Å²) in [6.07, 6.45) is 0. The third-order valence-corrected chi connectivity index (χ3v) is 4.51. The number of benzene rings is 2. The van der Waals surface area contributed by atoms with E-state index in [0.29, 0.717) is 27.2 Å². The summed E-state index contributed by atoms with van der Waals surface area (Å²) in [5.74, 6) is 0.0188. The fourth-order valence-electron chi connectivity index (χ4n) is 2.82. The van der Waals surface area contributed by atoms with E-state index in [4.69, 9.17) is 16.0 Å². The average Bonchev–Trinajstić information content (AvgIpc) is 3.19. The molecule has 4 aromatic rings. The van der Waals surface area contributed by atoms with Crippen LogP contribution in [0.4, 0.5) is 0 Å². The number of aliphatic hydroxyl groups is 1. The topological polar surface area (TPSA) is 103 Å². The summed E-state index contributed by atoms with van der Waals surface area (Å²) in [4.78, 5) is 19.1. The molecule has 28 heavy (non-hydrogen) atoms. The molecule has 0 aliphatic carbocycles. The molecule has 0 unspecified atom stereocenters. The van der Waals surface area contributed by atoms with E-state index >= 15 is 0 Å². The second-order valence-electron chi connectivity index (χ2n) is 5.91. The highest BCUT2D eigenvalue weighted by molar-refractivity contribution is 6.33. The second-order valence-corrected chi connectivity index (χ2v) is 6.32. The van der Waals surface area contributed by atoms with Crippen molar-refractivity contribution in [3.63, 3.8) is 0 Å². The highest BCUT2D eigenvalue weighted by Gasteiger charge is 2.18. The first-order valence-electron chi connectivity index (χ1n) is 8.26. The monoisotopic (exact) mass is 389 g/mol. The van der Waals surface area contributed by atoms with Crippen LogP contribution in [0, 0.1) is 11.3 Å². The van der Waals surface area contributed by atoms with Crippen LogP contribution in [-0.2, 0) is 0 Å². The molecule has 2 heterocycles. The van der Waals surface area contributed by atoms with Gasteiger partial charge in [-0.15, -0.1) is 0 Å². The number of allylic oxidation sites excluding steroid dienone is 1. The zero-order valence-corrected chi connectivity index (χ0v) is 15.1. The number of fused-ring (bicyclic) bond motifs is 1. The van der Waals surface area contributed by atoms with Gasteiger partial charge in [-0.05, 0) is 36.4 Å². The van der Waals surface area contributed by atoms with Gasteiger partial charge in [-0.3, -0.25) is 4.79 Å². The number of hydrogen-bond donors (Lipinski definition) is 2. The Kier molecular flexibility index (Phi) is 4.44. The van der Waals surface area contributed by atoms with Crippen molar-refractivity contribution >= 4 is 33.8 Å². The largest absolute Gasteiger partial charge is 0.503 e. The minimum atomic E-state index is -0.431. The quantitative estimate of drug-likeness (QED) is 0.387. The number of rotatable bonds is 3. The standard InChI is InChI=1S/C21H12ClN3O3/c22-15-7-3-1-5-12(15)17-9-10-18(28-17)19(26)14(11-23)20-24-16-8-4-2-6-13(16)21(27)25-20/h1-10,26H,(H,24,25,27). The Labute approximate surface area is 164 Å². The summed E-state index contributed by atoms with van der Waals surface area (Å²) in [7, 11) is 0. The molecule has 0 radical (unpaired) electrons. The van der Waals surface area contributed by atoms with Gasteiger partial charge in [-0.2, -0.15) is 5.26 Å². The normalized spacial score (nSPS) is 11.9. The highest BCUT2D eigenvalue weighted by Crippen LogP contribution is 2.32. The van der Waals surface area contributed by atoms with E-state index in [1.807, 2.05) is 12.1 Å². The lowest BCUT2D eigenvalue weighted by atomic mass is 10.1. The van der Waals surface area contributed by atoms with Crippen molar-refractivity contribution in [3.05, 3.63) is 87.6 Å². The maximum atomic E-state index is 12.3. The number of nitrogens with zero attached hydrogens (tertiary/aromatic N) is 2. The lowest BCUT2D eigenvalue weighted by Gasteiger charge is -2.04.